The average Bonchev–Trinajstić information content (AvgIpc) is 2.64. The van der Waals surface area contributed by atoms with Crippen molar-refractivity contribution in [3.05, 3.63) is 54.4 Å². The molecule has 2 atom stereocenters. The van der Waals surface area contributed by atoms with E-state index in [1.54, 1.807) is 0 Å². The second-order valence-corrected chi connectivity index (χ2v) is 6.96. The zero-order valence-corrected chi connectivity index (χ0v) is 12.8. The highest BCUT2D eigenvalue weighted by molar-refractivity contribution is 5.63. The molecule has 1 aromatic carbocycles. The third kappa shape index (κ3) is 1.73. The predicted molar refractivity (Wildman–Crippen MR) is 87.2 cm³/mol. The van der Waals surface area contributed by atoms with Crippen molar-refractivity contribution in [1.29, 1.82) is 0 Å². The molecule has 112 valence electrons. The summed E-state index contributed by atoms with van der Waals surface area (Å²) < 4.78 is 0. The van der Waals surface area contributed by atoms with Crippen LogP contribution in [0.3, 0.4) is 0 Å². The summed E-state index contributed by atoms with van der Waals surface area (Å²) in [6.45, 7) is 3.43. The van der Waals surface area contributed by atoms with Crippen molar-refractivity contribution in [2.45, 2.75) is 37.4 Å². The molecule has 22 heavy (non-hydrogen) atoms. The summed E-state index contributed by atoms with van der Waals surface area (Å²) in [5.74, 6) is 0. The quantitative estimate of drug-likeness (QED) is 0.866. The molecular formula is C19H21N3. The van der Waals surface area contributed by atoms with Crippen LogP contribution in [0.1, 0.15) is 25.0 Å². The molecule has 2 unspecified atom stereocenters. The highest BCUT2D eigenvalue weighted by Crippen LogP contribution is 2.54. The maximum Gasteiger partial charge on any atom is 0.0550 e. The van der Waals surface area contributed by atoms with Crippen molar-refractivity contribution in [3.63, 3.8) is 0 Å². The van der Waals surface area contributed by atoms with Gasteiger partial charge in [0, 0.05) is 30.9 Å². The van der Waals surface area contributed by atoms with E-state index >= 15 is 0 Å². The van der Waals surface area contributed by atoms with Crippen LogP contribution in [0.15, 0.2) is 48.7 Å². The summed E-state index contributed by atoms with van der Waals surface area (Å²) >= 11 is 0. The average molecular weight is 291 g/mol. The van der Waals surface area contributed by atoms with E-state index in [1.807, 2.05) is 6.20 Å². The number of aromatic nitrogens is 1. The number of rotatable bonds is 3. The lowest BCUT2D eigenvalue weighted by atomic mass is 9.65. The zero-order chi connectivity index (χ0) is 14.6. The van der Waals surface area contributed by atoms with Gasteiger partial charge >= 0.3 is 0 Å². The van der Waals surface area contributed by atoms with Gasteiger partial charge in [0.15, 0.2) is 0 Å². The topological polar surface area (TPSA) is 19.4 Å². The Kier molecular flexibility index (Phi) is 2.70. The molecule has 2 aliphatic heterocycles. The summed E-state index contributed by atoms with van der Waals surface area (Å²) in [5, 5.41) is 0. The van der Waals surface area contributed by atoms with Crippen LogP contribution in [0.4, 0.5) is 0 Å². The van der Waals surface area contributed by atoms with Crippen LogP contribution < -0.4 is 0 Å². The number of benzene rings is 1. The molecule has 0 amide bonds. The molecule has 1 aromatic heterocycles. The van der Waals surface area contributed by atoms with Crippen LogP contribution in [0, 0.1) is 0 Å². The number of pyridine rings is 1. The van der Waals surface area contributed by atoms with Gasteiger partial charge in [0.05, 0.1) is 12.4 Å². The fraction of sp³-hybridized carbons (Fsp3) is 0.421. The van der Waals surface area contributed by atoms with E-state index in [4.69, 9.17) is 0 Å². The van der Waals surface area contributed by atoms with Gasteiger partial charge in [-0.15, -0.1) is 0 Å². The highest BCUT2D eigenvalue weighted by Gasteiger charge is 2.62. The van der Waals surface area contributed by atoms with Crippen molar-refractivity contribution in [2.24, 2.45) is 0 Å². The van der Waals surface area contributed by atoms with E-state index in [0.717, 1.165) is 19.3 Å². The zero-order valence-electron chi connectivity index (χ0n) is 12.8. The Morgan fingerprint density at radius 3 is 2.68 bits per heavy atom. The van der Waals surface area contributed by atoms with Crippen molar-refractivity contribution < 1.29 is 0 Å². The van der Waals surface area contributed by atoms with Crippen LogP contribution in [0.2, 0.25) is 0 Å². The third-order valence-corrected chi connectivity index (χ3v) is 6.00. The van der Waals surface area contributed by atoms with Gasteiger partial charge in [-0.25, -0.2) is 0 Å². The molecule has 3 nitrogen and oxygen atoms in total. The minimum absolute atomic E-state index is 0.567. The summed E-state index contributed by atoms with van der Waals surface area (Å²) in [5.41, 5.74) is 4.32. The minimum atomic E-state index is 0.567. The van der Waals surface area contributed by atoms with Crippen LogP contribution in [0.25, 0.3) is 11.1 Å². The van der Waals surface area contributed by atoms with Crippen LogP contribution >= 0.6 is 0 Å². The fourth-order valence-electron chi connectivity index (χ4n) is 4.62. The normalized spacial score (nSPS) is 30.3. The Balaban J connectivity index is 1.38. The van der Waals surface area contributed by atoms with E-state index in [1.165, 1.54) is 42.6 Å². The molecule has 3 fully saturated rings. The second kappa shape index (κ2) is 4.64. The molecule has 5 rings (SSSR count). The number of nitrogens with zero attached hydrogens (tertiary/aromatic N) is 3. The molecule has 0 radical (unpaired) electrons. The third-order valence-electron chi connectivity index (χ3n) is 6.00. The van der Waals surface area contributed by atoms with Crippen molar-refractivity contribution in [3.8, 4) is 11.1 Å². The largest absolute Gasteiger partial charge is 0.283 e. The number of hydrogen-bond acceptors (Lipinski definition) is 3. The SMILES string of the molecule is c1ccc(-c2ccnc(CN3CN4CCC45CCC35)c2)cc1. The summed E-state index contributed by atoms with van der Waals surface area (Å²) in [6, 6.07) is 15.7. The highest BCUT2D eigenvalue weighted by atomic mass is 15.5. The first-order chi connectivity index (χ1) is 10.9. The maximum absolute atomic E-state index is 4.62. The van der Waals surface area contributed by atoms with Crippen molar-refractivity contribution >= 4 is 0 Å². The monoisotopic (exact) mass is 291 g/mol. The lowest BCUT2D eigenvalue weighted by Crippen LogP contribution is -2.66. The molecule has 3 aliphatic rings. The molecule has 0 N–H and O–H groups in total. The van der Waals surface area contributed by atoms with Crippen LogP contribution in [-0.4, -0.2) is 39.6 Å². The lowest BCUT2D eigenvalue weighted by molar-refractivity contribution is -0.0441. The maximum atomic E-state index is 4.62. The molecule has 2 saturated heterocycles. The molecule has 3 heteroatoms. The number of hydrogen-bond donors (Lipinski definition) is 0. The molecule has 2 aromatic rings. The molecule has 1 saturated carbocycles. The molecule has 3 heterocycles. The Morgan fingerprint density at radius 2 is 2.00 bits per heavy atom. The Bertz CT molecular complexity index is 695. The van der Waals surface area contributed by atoms with Gasteiger partial charge in [0.1, 0.15) is 0 Å². The molecule has 1 spiro atoms. The second-order valence-electron chi connectivity index (χ2n) is 6.96. The van der Waals surface area contributed by atoms with Gasteiger partial charge in [-0.05, 0) is 42.5 Å². The molecule has 1 aliphatic carbocycles. The van der Waals surface area contributed by atoms with Gasteiger partial charge in [-0.1, -0.05) is 30.3 Å². The first-order valence-corrected chi connectivity index (χ1v) is 8.35. The van der Waals surface area contributed by atoms with Gasteiger partial charge in [0.25, 0.3) is 0 Å². The lowest BCUT2D eigenvalue weighted by Gasteiger charge is -2.57. The Hall–Kier alpha value is -1.71. The first kappa shape index (κ1) is 12.8. The van der Waals surface area contributed by atoms with E-state index < -0.39 is 0 Å². The summed E-state index contributed by atoms with van der Waals surface area (Å²) in [7, 11) is 0. The van der Waals surface area contributed by atoms with Crippen LogP contribution in [-0.2, 0) is 6.54 Å². The predicted octanol–water partition coefficient (Wildman–Crippen LogP) is 3.13. The van der Waals surface area contributed by atoms with E-state index in [-0.39, 0.29) is 0 Å². The minimum Gasteiger partial charge on any atom is -0.283 e. The van der Waals surface area contributed by atoms with E-state index in [0.29, 0.717) is 5.54 Å². The summed E-state index contributed by atoms with van der Waals surface area (Å²) in [6.07, 6.45) is 6.14. The van der Waals surface area contributed by atoms with E-state index in [9.17, 15) is 0 Å². The van der Waals surface area contributed by atoms with Crippen molar-refractivity contribution in [2.75, 3.05) is 13.2 Å². The fourth-order valence-corrected chi connectivity index (χ4v) is 4.62. The van der Waals surface area contributed by atoms with Crippen LogP contribution in [0.5, 0.6) is 0 Å². The Morgan fingerprint density at radius 1 is 1.09 bits per heavy atom. The van der Waals surface area contributed by atoms with Gasteiger partial charge in [0.2, 0.25) is 0 Å². The van der Waals surface area contributed by atoms with Gasteiger partial charge < -0.3 is 0 Å². The first-order valence-electron chi connectivity index (χ1n) is 8.35. The molecular weight excluding hydrogens is 270 g/mol. The van der Waals surface area contributed by atoms with Gasteiger partial charge in [-0.2, -0.15) is 0 Å². The smallest absolute Gasteiger partial charge is 0.0550 e. The van der Waals surface area contributed by atoms with Gasteiger partial charge in [-0.3, -0.25) is 14.8 Å². The molecule has 0 bridgehead atoms. The van der Waals surface area contributed by atoms with E-state index in [2.05, 4.69) is 57.2 Å². The standard InChI is InChI=1S/C19H21N3/c1-2-4-15(5-3-1)16-7-10-20-17(12-16)13-21-14-22-11-9-19(22)8-6-18(19)21/h1-5,7,10,12,18H,6,8-9,11,13-14H2. The summed E-state index contributed by atoms with van der Waals surface area (Å²) in [4.78, 5) is 9.95. The Labute approximate surface area is 131 Å². The van der Waals surface area contributed by atoms with Crippen molar-refractivity contribution in [1.82, 2.24) is 14.8 Å².